The fourth-order valence-corrected chi connectivity index (χ4v) is 1.77. The molecule has 2 nitrogen and oxygen atoms in total. The molecule has 0 spiro atoms. The number of rotatable bonds is 0. The predicted molar refractivity (Wildman–Crippen MR) is 32.5 cm³/mol. The lowest BCUT2D eigenvalue weighted by atomic mass is 9.78. The quantitative estimate of drug-likeness (QED) is 0.457. The number of piperidine rings is 1. The summed E-state index contributed by atoms with van der Waals surface area (Å²) in [5, 5.41) is 3.40. The van der Waals surface area contributed by atoms with Gasteiger partial charge in [-0.2, -0.15) is 0 Å². The first-order valence-corrected chi connectivity index (χ1v) is 3.39. The van der Waals surface area contributed by atoms with E-state index in [1.54, 1.807) is 0 Å². The fraction of sp³-hybridized carbons (Fsp3) is 1.00. The molecule has 2 saturated heterocycles. The van der Waals surface area contributed by atoms with Crippen molar-refractivity contribution >= 4 is 0 Å². The van der Waals surface area contributed by atoms with Gasteiger partial charge in [-0.05, 0) is 12.8 Å². The summed E-state index contributed by atoms with van der Waals surface area (Å²) >= 11 is 0. The van der Waals surface area contributed by atoms with Crippen molar-refractivity contribution in [3.05, 3.63) is 0 Å². The number of nitrogens with two attached hydrogens (primary N) is 1. The minimum atomic E-state index is 0.490. The summed E-state index contributed by atoms with van der Waals surface area (Å²) < 4.78 is 0. The van der Waals surface area contributed by atoms with Gasteiger partial charge < -0.3 is 11.1 Å². The summed E-state index contributed by atoms with van der Waals surface area (Å²) in [4.78, 5) is 0. The molecular formula is C6H12N2. The van der Waals surface area contributed by atoms with Gasteiger partial charge in [0.25, 0.3) is 0 Å². The van der Waals surface area contributed by atoms with E-state index in [0.29, 0.717) is 18.1 Å². The van der Waals surface area contributed by atoms with Crippen molar-refractivity contribution < 1.29 is 0 Å². The zero-order valence-corrected chi connectivity index (χ0v) is 4.93. The van der Waals surface area contributed by atoms with E-state index < -0.39 is 0 Å². The van der Waals surface area contributed by atoms with Crippen LogP contribution in [0, 0.1) is 0 Å². The third kappa shape index (κ3) is 0.446. The molecule has 1 saturated carbocycles. The van der Waals surface area contributed by atoms with E-state index in [0.717, 1.165) is 0 Å². The van der Waals surface area contributed by atoms with Crippen molar-refractivity contribution in [1.82, 2.24) is 5.32 Å². The summed E-state index contributed by atoms with van der Waals surface area (Å²) in [6.45, 7) is 0. The van der Waals surface area contributed by atoms with Crippen LogP contribution < -0.4 is 11.1 Å². The van der Waals surface area contributed by atoms with E-state index in [4.69, 9.17) is 5.73 Å². The normalized spacial score (nSPS) is 52.9. The Morgan fingerprint density at radius 1 is 1.25 bits per heavy atom. The minimum Gasteiger partial charge on any atom is -0.325 e. The lowest BCUT2D eigenvalue weighted by Gasteiger charge is -2.48. The Labute approximate surface area is 49.4 Å². The molecule has 8 heavy (non-hydrogen) atoms. The van der Waals surface area contributed by atoms with E-state index in [1.165, 1.54) is 19.3 Å². The van der Waals surface area contributed by atoms with Gasteiger partial charge in [-0.3, -0.25) is 0 Å². The van der Waals surface area contributed by atoms with E-state index in [1.807, 2.05) is 0 Å². The largest absolute Gasteiger partial charge is 0.325 e. The summed E-state index contributed by atoms with van der Waals surface area (Å²) in [5.74, 6) is 0. The van der Waals surface area contributed by atoms with Crippen LogP contribution in [0.15, 0.2) is 0 Å². The Morgan fingerprint density at radius 3 is 2.12 bits per heavy atom. The molecule has 0 radical (unpaired) electrons. The molecule has 2 heteroatoms. The Kier molecular flexibility index (Phi) is 0.866. The predicted octanol–water partition coefficient (Wildman–Crippen LogP) is -0.162. The van der Waals surface area contributed by atoms with Gasteiger partial charge >= 0.3 is 0 Å². The highest BCUT2D eigenvalue weighted by atomic mass is 15.1. The monoisotopic (exact) mass is 112 g/mol. The van der Waals surface area contributed by atoms with Crippen LogP contribution in [-0.2, 0) is 0 Å². The highest BCUT2D eigenvalue weighted by molar-refractivity contribution is 5.04. The third-order valence-corrected chi connectivity index (χ3v) is 2.39. The molecule has 3 rings (SSSR count). The van der Waals surface area contributed by atoms with Crippen LogP contribution in [0.5, 0.6) is 0 Å². The smallest absolute Gasteiger partial charge is 0.0350 e. The second-order valence-corrected chi connectivity index (χ2v) is 2.89. The molecule has 2 heterocycles. The van der Waals surface area contributed by atoms with Gasteiger partial charge in [0, 0.05) is 18.1 Å². The standard InChI is InChI=1S/C6H12N2/c7-6-4-2-1-3-5(6)8-4/h4-6,8H,1-3,7H2. The number of hydrogen-bond acceptors (Lipinski definition) is 2. The molecule has 0 amide bonds. The highest BCUT2D eigenvalue weighted by Crippen LogP contribution is 2.26. The Balaban J connectivity index is 2.03. The molecule has 0 aromatic carbocycles. The van der Waals surface area contributed by atoms with E-state index in [-0.39, 0.29) is 0 Å². The van der Waals surface area contributed by atoms with Crippen molar-refractivity contribution in [3.8, 4) is 0 Å². The molecule has 1 aliphatic carbocycles. The maximum Gasteiger partial charge on any atom is 0.0350 e. The average molecular weight is 112 g/mol. The van der Waals surface area contributed by atoms with Crippen LogP contribution in [0.3, 0.4) is 0 Å². The van der Waals surface area contributed by atoms with Crippen LogP contribution in [0.1, 0.15) is 19.3 Å². The number of fused-ring (bicyclic) bond motifs is 2. The van der Waals surface area contributed by atoms with Gasteiger partial charge in [0.1, 0.15) is 0 Å². The van der Waals surface area contributed by atoms with Crippen molar-refractivity contribution in [3.63, 3.8) is 0 Å². The summed E-state index contributed by atoms with van der Waals surface area (Å²) in [7, 11) is 0. The zero-order valence-electron chi connectivity index (χ0n) is 4.93. The molecule has 2 aliphatic heterocycles. The molecular weight excluding hydrogens is 100 g/mol. The zero-order chi connectivity index (χ0) is 5.56. The minimum absolute atomic E-state index is 0.490. The summed E-state index contributed by atoms with van der Waals surface area (Å²) in [6.07, 6.45) is 3.99. The van der Waals surface area contributed by atoms with E-state index >= 15 is 0 Å². The fourth-order valence-electron chi connectivity index (χ4n) is 1.77. The second-order valence-electron chi connectivity index (χ2n) is 2.89. The SMILES string of the molecule is NC1C2CCCC1N2. The lowest BCUT2D eigenvalue weighted by molar-refractivity contribution is 0.143. The average Bonchev–Trinajstić information content (AvgIpc) is 1.89. The molecule has 3 aliphatic rings. The Morgan fingerprint density at radius 2 is 1.88 bits per heavy atom. The summed E-state index contributed by atoms with van der Waals surface area (Å²) in [5.41, 5.74) is 5.77. The van der Waals surface area contributed by atoms with Gasteiger partial charge in [-0.25, -0.2) is 0 Å². The molecule has 0 aromatic heterocycles. The number of hydrogen-bond donors (Lipinski definition) is 2. The molecule has 2 bridgehead atoms. The van der Waals surface area contributed by atoms with Crippen LogP contribution in [0.2, 0.25) is 0 Å². The topological polar surface area (TPSA) is 38.0 Å². The van der Waals surface area contributed by atoms with Gasteiger partial charge in [-0.15, -0.1) is 0 Å². The van der Waals surface area contributed by atoms with Crippen molar-refractivity contribution in [1.29, 1.82) is 0 Å². The first-order valence-electron chi connectivity index (χ1n) is 3.39. The van der Waals surface area contributed by atoms with Crippen molar-refractivity contribution in [2.24, 2.45) is 5.73 Å². The molecule has 46 valence electrons. The van der Waals surface area contributed by atoms with E-state index in [2.05, 4.69) is 5.32 Å². The first kappa shape index (κ1) is 4.77. The Hall–Kier alpha value is -0.0800. The van der Waals surface area contributed by atoms with Gasteiger partial charge in [0.05, 0.1) is 0 Å². The number of nitrogens with one attached hydrogen (secondary N) is 1. The Bertz CT molecular complexity index is 88.7. The van der Waals surface area contributed by atoms with Crippen LogP contribution in [-0.4, -0.2) is 18.1 Å². The lowest BCUT2D eigenvalue weighted by Crippen LogP contribution is -2.71. The molecule has 3 fully saturated rings. The molecule has 3 N–H and O–H groups in total. The van der Waals surface area contributed by atoms with E-state index in [9.17, 15) is 0 Å². The van der Waals surface area contributed by atoms with Crippen LogP contribution in [0.4, 0.5) is 0 Å². The molecule has 0 aromatic rings. The van der Waals surface area contributed by atoms with Gasteiger partial charge in [0.2, 0.25) is 0 Å². The maximum absolute atomic E-state index is 5.77. The van der Waals surface area contributed by atoms with Crippen molar-refractivity contribution in [2.45, 2.75) is 37.4 Å². The van der Waals surface area contributed by atoms with Gasteiger partial charge in [0.15, 0.2) is 0 Å². The molecule has 2 atom stereocenters. The van der Waals surface area contributed by atoms with Crippen LogP contribution in [0.25, 0.3) is 0 Å². The second kappa shape index (κ2) is 1.45. The molecule has 2 unspecified atom stereocenters. The maximum atomic E-state index is 5.77. The first-order chi connectivity index (χ1) is 3.88. The van der Waals surface area contributed by atoms with Crippen molar-refractivity contribution in [2.75, 3.05) is 0 Å². The van der Waals surface area contributed by atoms with Gasteiger partial charge in [-0.1, -0.05) is 6.42 Å². The third-order valence-electron chi connectivity index (χ3n) is 2.39. The summed E-state index contributed by atoms with van der Waals surface area (Å²) in [6, 6.07) is 1.84. The van der Waals surface area contributed by atoms with Crippen LogP contribution >= 0.6 is 0 Å². The highest BCUT2D eigenvalue weighted by Gasteiger charge is 2.40.